The number of halogens is 2. The SMILES string of the molecule is CCOc1cccc(-n2cc(-c3ccccc3)nc2NC(=O)CN(C[C@@H]2CCCO2)C(=O)c2ccc(Cl)cc2Cl)c1. The van der Waals surface area contributed by atoms with Gasteiger partial charge in [0.1, 0.15) is 12.3 Å². The number of carbonyl (C=O) groups is 2. The minimum atomic E-state index is -0.408. The van der Waals surface area contributed by atoms with Crippen molar-refractivity contribution in [2.45, 2.75) is 25.9 Å². The minimum absolute atomic E-state index is 0.161. The summed E-state index contributed by atoms with van der Waals surface area (Å²) >= 11 is 12.4. The Morgan fingerprint density at radius 1 is 1.10 bits per heavy atom. The molecule has 4 aromatic rings. The summed E-state index contributed by atoms with van der Waals surface area (Å²) < 4.78 is 13.3. The van der Waals surface area contributed by atoms with Crippen molar-refractivity contribution in [3.8, 4) is 22.7 Å². The van der Waals surface area contributed by atoms with Crippen molar-refractivity contribution < 1.29 is 19.1 Å². The van der Waals surface area contributed by atoms with Crippen molar-refractivity contribution in [2.24, 2.45) is 0 Å². The lowest BCUT2D eigenvalue weighted by atomic mass is 10.1. The minimum Gasteiger partial charge on any atom is -0.494 e. The Bertz CT molecular complexity index is 1520. The third-order valence-electron chi connectivity index (χ3n) is 6.66. The molecule has 2 amide bonds. The first-order valence-electron chi connectivity index (χ1n) is 13.4. The van der Waals surface area contributed by atoms with Crippen LogP contribution in [-0.2, 0) is 9.53 Å². The van der Waals surface area contributed by atoms with Crippen LogP contribution in [0, 0.1) is 0 Å². The number of ether oxygens (including phenoxy) is 2. The topological polar surface area (TPSA) is 85.7 Å². The Balaban J connectivity index is 1.43. The van der Waals surface area contributed by atoms with Crippen LogP contribution in [0.4, 0.5) is 5.95 Å². The van der Waals surface area contributed by atoms with Gasteiger partial charge >= 0.3 is 0 Å². The van der Waals surface area contributed by atoms with Gasteiger partial charge in [0.2, 0.25) is 11.9 Å². The van der Waals surface area contributed by atoms with Crippen molar-refractivity contribution in [3.63, 3.8) is 0 Å². The summed E-state index contributed by atoms with van der Waals surface area (Å²) in [7, 11) is 0. The van der Waals surface area contributed by atoms with Gasteiger partial charge in [-0.05, 0) is 50.1 Å². The van der Waals surface area contributed by atoms with Gasteiger partial charge in [-0.25, -0.2) is 4.98 Å². The summed E-state index contributed by atoms with van der Waals surface area (Å²) in [4.78, 5) is 33.2. The summed E-state index contributed by atoms with van der Waals surface area (Å²) in [5.74, 6) is 0.228. The normalized spacial score (nSPS) is 14.6. The monoisotopic (exact) mass is 592 g/mol. The molecular weight excluding hydrogens is 563 g/mol. The summed E-state index contributed by atoms with van der Waals surface area (Å²) in [6.45, 7) is 3.11. The number of rotatable bonds is 10. The van der Waals surface area contributed by atoms with Crippen LogP contribution in [0.1, 0.15) is 30.1 Å². The summed E-state index contributed by atoms with van der Waals surface area (Å²) in [6, 6.07) is 21.9. The number of imidazole rings is 1. The van der Waals surface area contributed by atoms with E-state index in [0.717, 1.165) is 24.1 Å². The predicted octanol–water partition coefficient (Wildman–Crippen LogP) is 6.50. The van der Waals surface area contributed by atoms with Crippen molar-refractivity contribution >= 4 is 41.0 Å². The Morgan fingerprint density at radius 2 is 1.93 bits per heavy atom. The zero-order valence-corrected chi connectivity index (χ0v) is 24.1. The molecule has 0 spiro atoms. The van der Waals surface area contributed by atoms with Crippen molar-refractivity contribution in [3.05, 3.63) is 94.6 Å². The van der Waals surface area contributed by atoms with Crippen LogP contribution in [0.2, 0.25) is 10.0 Å². The van der Waals surface area contributed by atoms with E-state index in [1.807, 2.05) is 67.7 Å². The number of hydrogen-bond donors (Lipinski definition) is 1. The molecule has 2 heterocycles. The second-order valence-corrected chi connectivity index (χ2v) is 10.5. The van der Waals surface area contributed by atoms with E-state index < -0.39 is 5.91 Å². The fourth-order valence-electron chi connectivity index (χ4n) is 4.73. The van der Waals surface area contributed by atoms with Crippen LogP contribution in [0.25, 0.3) is 16.9 Å². The van der Waals surface area contributed by atoms with Gasteiger partial charge in [-0.2, -0.15) is 0 Å². The quantitative estimate of drug-likeness (QED) is 0.227. The standard InChI is InChI=1S/C31H30Cl2N4O4/c1-2-40-24-11-6-10-23(17-24)37-19-28(21-8-4-3-5-9-21)34-31(37)35-29(38)20-36(18-25-12-7-15-41-25)30(39)26-14-13-22(32)16-27(26)33/h3-6,8-11,13-14,16-17,19,25H,2,7,12,15,18,20H2,1H3,(H,34,35,38)/t25-/m0/s1. The third kappa shape index (κ3) is 7.08. The van der Waals surface area contributed by atoms with Crippen LogP contribution < -0.4 is 10.1 Å². The fraction of sp³-hybridized carbons (Fsp3) is 0.258. The van der Waals surface area contributed by atoms with Gasteiger partial charge in [0.05, 0.1) is 34.7 Å². The Hall–Kier alpha value is -3.85. The number of hydrogen-bond acceptors (Lipinski definition) is 5. The Labute approximate surface area is 248 Å². The molecule has 3 aromatic carbocycles. The lowest BCUT2D eigenvalue weighted by Gasteiger charge is -2.25. The number of aromatic nitrogens is 2. The van der Waals surface area contributed by atoms with Crippen molar-refractivity contribution in [2.75, 3.05) is 31.6 Å². The second-order valence-electron chi connectivity index (χ2n) is 9.61. The van der Waals surface area contributed by atoms with E-state index in [1.54, 1.807) is 16.7 Å². The molecule has 212 valence electrons. The molecule has 1 aromatic heterocycles. The number of amides is 2. The Morgan fingerprint density at radius 3 is 2.66 bits per heavy atom. The van der Waals surface area contributed by atoms with Gasteiger partial charge in [-0.15, -0.1) is 0 Å². The first-order valence-corrected chi connectivity index (χ1v) is 14.2. The molecule has 1 saturated heterocycles. The van der Waals surface area contributed by atoms with Crippen molar-refractivity contribution in [1.29, 1.82) is 0 Å². The van der Waals surface area contributed by atoms with Gasteiger partial charge in [0.15, 0.2) is 0 Å². The van der Waals surface area contributed by atoms with Crippen molar-refractivity contribution in [1.82, 2.24) is 14.5 Å². The predicted molar refractivity (Wildman–Crippen MR) is 160 cm³/mol. The molecule has 1 atom stereocenters. The molecule has 1 aliphatic rings. The number of anilines is 1. The highest BCUT2D eigenvalue weighted by Crippen LogP contribution is 2.27. The number of nitrogens with one attached hydrogen (secondary N) is 1. The van der Waals surface area contributed by atoms with E-state index in [9.17, 15) is 9.59 Å². The average Bonchev–Trinajstić information content (AvgIpc) is 3.63. The maximum Gasteiger partial charge on any atom is 0.255 e. The summed E-state index contributed by atoms with van der Waals surface area (Å²) in [6.07, 6.45) is 3.41. The third-order valence-corrected chi connectivity index (χ3v) is 7.21. The Kier molecular flexibility index (Phi) is 9.24. The first-order chi connectivity index (χ1) is 19.9. The van der Waals surface area contributed by atoms with E-state index in [2.05, 4.69) is 5.32 Å². The largest absolute Gasteiger partial charge is 0.494 e. The highest BCUT2D eigenvalue weighted by atomic mass is 35.5. The molecule has 0 bridgehead atoms. The molecular formula is C31H30Cl2N4O4. The molecule has 1 aliphatic heterocycles. The fourth-order valence-corrected chi connectivity index (χ4v) is 5.22. The molecule has 1 fully saturated rings. The van der Waals surface area contributed by atoms with E-state index in [-0.39, 0.29) is 35.7 Å². The number of carbonyl (C=O) groups excluding carboxylic acids is 2. The molecule has 0 saturated carbocycles. The lowest BCUT2D eigenvalue weighted by Crippen LogP contribution is -2.42. The van der Waals surface area contributed by atoms with Crippen LogP contribution in [0.15, 0.2) is 79.0 Å². The summed E-state index contributed by atoms with van der Waals surface area (Å²) in [5, 5.41) is 3.56. The molecule has 8 nitrogen and oxygen atoms in total. The van der Waals surface area contributed by atoms with E-state index in [0.29, 0.717) is 35.6 Å². The van der Waals surface area contributed by atoms with E-state index in [4.69, 9.17) is 37.7 Å². The van der Waals surface area contributed by atoms with Gasteiger partial charge in [0, 0.05) is 36.0 Å². The van der Waals surface area contributed by atoms with Gasteiger partial charge < -0.3 is 14.4 Å². The van der Waals surface area contributed by atoms with E-state index in [1.165, 1.54) is 11.0 Å². The van der Waals surface area contributed by atoms with Crippen LogP contribution in [0.5, 0.6) is 5.75 Å². The molecule has 0 radical (unpaired) electrons. The first kappa shape index (κ1) is 28.7. The van der Waals surface area contributed by atoms with Gasteiger partial charge in [-0.1, -0.05) is 59.6 Å². The molecule has 41 heavy (non-hydrogen) atoms. The highest BCUT2D eigenvalue weighted by molar-refractivity contribution is 6.36. The summed E-state index contributed by atoms with van der Waals surface area (Å²) in [5.41, 5.74) is 2.61. The van der Waals surface area contributed by atoms with Crippen LogP contribution in [0.3, 0.4) is 0 Å². The second kappa shape index (κ2) is 13.2. The molecule has 0 unspecified atom stereocenters. The number of nitrogens with zero attached hydrogens (tertiary/aromatic N) is 3. The zero-order valence-electron chi connectivity index (χ0n) is 22.6. The molecule has 0 aliphatic carbocycles. The number of benzene rings is 3. The zero-order chi connectivity index (χ0) is 28.8. The lowest BCUT2D eigenvalue weighted by molar-refractivity contribution is -0.117. The maximum absolute atomic E-state index is 13.6. The molecule has 1 N–H and O–H groups in total. The van der Waals surface area contributed by atoms with Gasteiger partial charge in [-0.3, -0.25) is 19.5 Å². The van der Waals surface area contributed by atoms with Crippen LogP contribution >= 0.6 is 23.2 Å². The van der Waals surface area contributed by atoms with Crippen LogP contribution in [-0.4, -0.2) is 58.7 Å². The van der Waals surface area contributed by atoms with Gasteiger partial charge in [0.25, 0.3) is 5.91 Å². The maximum atomic E-state index is 13.6. The molecule has 5 rings (SSSR count). The average molecular weight is 594 g/mol. The van der Waals surface area contributed by atoms with E-state index >= 15 is 0 Å². The smallest absolute Gasteiger partial charge is 0.255 e. The molecule has 10 heteroatoms. The highest BCUT2D eigenvalue weighted by Gasteiger charge is 2.27.